The van der Waals surface area contributed by atoms with Gasteiger partial charge in [0.2, 0.25) is 5.56 Å². The van der Waals surface area contributed by atoms with E-state index in [1.165, 1.54) is 32.7 Å². The van der Waals surface area contributed by atoms with E-state index in [2.05, 4.69) is 27.7 Å². The summed E-state index contributed by atoms with van der Waals surface area (Å²) in [7, 11) is 1.86. The highest BCUT2D eigenvalue weighted by molar-refractivity contribution is 5.07. The SMILES string of the molecule is CCN1CCN(C2CN(Cc3cccc(=O)n3C)C2)CC1. The molecule has 5 heteroatoms. The standard InChI is InChI=1S/C16H26N4O/c1-3-18-7-9-20(10-8-18)15-12-19(13-15)11-14-5-4-6-16(21)17(14)2/h4-6,15H,3,7-13H2,1-2H3. The summed E-state index contributed by atoms with van der Waals surface area (Å²) in [5.41, 5.74) is 1.19. The average Bonchev–Trinajstić information content (AvgIpc) is 2.47. The number of piperazine rings is 1. The summed E-state index contributed by atoms with van der Waals surface area (Å²) in [5.74, 6) is 0. The van der Waals surface area contributed by atoms with Crippen LogP contribution in [0.2, 0.25) is 0 Å². The van der Waals surface area contributed by atoms with Gasteiger partial charge in [0, 0.05) is 70.7 Å². The molecule has 0 aromatic carbocycles. The summed E-state index contributed by atoms with van der Waals surface area (Å²) < 4.78 is 1.76. The topological polar surface area (TPSA) is 31.7 Å². The maximum Gasteiger partial charge on any atom is 0.250 e. The fourth-order valence-corrected chi connectivity index (χ4v) is 3.34. The van der Waals surface area contributed by atoms with Gasteiger partial charge in [-0.05, 0) is 12.6 Å². The lowest BCUT2D eigenvalue weighted by Crippen LogP contribution is -2.62. The minimum atomic E-state index is 0.0836. The van der Waals surface area contributed by atoms with Crippen molar-refractivity contribution in [1.82, 2.24) is 19.3 Å². The quantitative estimate of drug-likeness (QED) is 0.793. The number of hydrogen-bond donors (Lipinski definition) is 0. The Bertz CT molecular complexity index is 527. The van der Waals surface area contributed by atoms with Crippen molar-refractivity contribution in [3.8, 4) is 0 Å². The van der Waals surface area contributed by atoms with Gasteiger partial charge in [-0.15, -0.1) is 0 Å². The first kappa shape index (κ1) is 14.8. The van der Waals surface area contributed by atoms with Crippen LogP contribution in [-0.4, -0.2) is 71.1 Å². The Balaban J connectivity index is 1.48. The molecule has 0 aliphatic carbocycles. The predicted octanol–water partition coefficient (Wildman–Crippen LogP) is 0.207. The van der Waals surface area contributed by atoms with Crippen molar-refractivity contribution in [3.63, 3.8) is 0 Å². The van der Waals surface area contributed by atoms with Gasteiger partial charge < -0.3 is 9.47 Å². The van der Waals surface area contributed by atoms with Gasteiger partial charge in [-0.1, -0.05) is 13.0 Å². The molecule has 21 heavy (non-hydrogen) atoms. The van der Waals surface area contributed by atoms with Gasteiger partial charge in [0.25, 0.3) is 0 Å². The van der Waals surface area contributed by atoms with E-state index in [4.69, 9.17) is 0 Å². The maximum atomic E-state index is 11.6. The first-order chi connectivity index (χ1) is 10.2. The zero-order valence-electron chi connectivity index (χ0n) is 13.2. The molecule has 0 atom stereocenters. The van der Waals surface area contributed by atoms with Crippen LogP contribution in [0.1, 0.15) is 12.6 Å². The summed E-state index contributed by atoms with van der Waals surface area (Å²) in [4.78, 5) is 19.2. The zero-order chi connectivity index (χ0) is 14.8. The molecule has 2 fully saturated rings. The van der Waals surface area contributed by atoms with Crippen molar-refractivity contribution in [2.45, 2.75) is 19.5 Å². The van der Waals surface area contributed by atoms with Crippen molar-refractivity contribution >= 4 is 0 Å². The number of hydrogen-bond acceptors (Lipinski definition) is 4. The highest BCUT2D eigenvalue weighted by Gasteiger charge is 2.33. The highest BCUT2D eigenvalue weighted by atomic mass is 16.1. The van der Waals surface area contributed by atoms with Crippen molar-refractivity contribution < 1.29 is 0 Å². The van der Waals surface area contributed by atoms with E-state index < -0.39 is 0 Å². The summed E-state index contributed by atoms with van der Waals surface area (Å²) in [5, 5.41) is 0. The van der Waals surface area contributed by atoms with E-state index in [1.54, 1.807) is 10.6 Å². The Morgan fingerprint density at radius 1 is 1.10 bits per heavy atom. The van der Waals surface area contributed by atoms with Crippen LogP contribution in [0.5, 0.6) is 0 Å². The lowest BCUT2D eigenvalue weighted by molar-refractivity contribution is 0.00111. The lowest BCUT2D eigenvalue weighted by atomic mass is 10.1. The van der Waals surface area contributed by atoms with Gasteiger partial charge >= 0.3 is 0 Å². The van der Waals surface area contributed by atoms with E-state index in [1.807, 2.05) is 13.1 Å². The highest BCUT2D eigenvalue weighted by Crippen LogP contribution is 2.18. The molecule has 0 radical (unpaired) electrons. The average molecular weight is 290 g/mol. The summed E-state index contributed by atoms with van der Waals surface area (Å²) in [6.45, 7) is 11.4. The smallest absolute Gasteiger partial charge is 0.250 e. The second-order valence-electron chi connectivity index (χ2n) is 6.23. The lowest BCUT2D eigenvalue weighted by Gasteiger charge is -2.48. The van der Waals surface area contributed by atoms with E-state index in [0.29, 0.717) is 6.04 Å². The van der Waals surface area contributed by atoms with Crippen molar-refractivity contribution in [2.24, 2.45) is 7.05 Å². The Labute approximate surface area is 126 Å². The number of nitrogens with zero attached hydrogens (tertiary/aromatic N) is 4. The molecule has 0 N–H and O–H groups in total. The largest absolute Gasteiger partial charge is 0.314 e. The molecule has 2 aliphatic rings. The van der Waals surface area contributed by atoms with E-state index in [-0.39, 0.29) is 5.56 Å². The fraction of sp³-hybridized carbons (Fsp3) is 0.688. The number of likely N-dealkylation sites (N-methyl/N-ethyl adjacent to an activating group) is 1. The van der Waals surface area contributed by atoms with E-state index >= 15 is 0 Å². The first-order valence-electron chi connectivity index (χ1n) is 8.01. The molecule has 1 aromatic rings. The normalized spacial score (nSPS) is 22.4. The molecule has 0 amide bonds. The molecule has 0 spiro atoms. The van der Waals surface area contributed by atoms with Crippen LogP contribution in [0.4, 0.5) is 0 Å². The Hall–Kier alpha value is -1.17. The van der Waals surface area contributed by atoms with Gasteiger partial charge in [-0.25, -0.2) is 0 Å². The van der Waals surface area contributed by atoms with Crippen molar-refractivity contribution in [1.29, 1.82) is 0 Å². The summed E-state index contributed by atoms with van der Waals surface area (Å²) in [6, 6.07) is 6.24. The van der Waals surface area contributed by atoms with E-state index in [0.717, 1.165) is 25.3 Å². The van der Waals surface area contributed by atoms with Crippen LogP contribution in [0.25, 0.3) is 0 Å². The molecule has 3 heterocycles. The van der Waals surface area contributed by atoms with Crippen molar-refractivity contribution in [2.75, 3.05) is 45.8 Å². The third-order valence-corrected chi connectivity index (χ3v) is 4.98. The molecule has 2 saturated heterocycles. The molecule has 0 unspecified atom stereocenters. The minimum Gasteiger partial charge on any atom is -0.314 e. The molecular formula is C16H26N4O. The minimum absolute atomic E-state index is 0.0836. The molecule has 0 saturated carbocycles. The number of rotatable bonds is 4. The first-order valence-corrected chi connectivity index (χ1v) is 8.01. The van der Waals surface area contributed by atoms with Crippen molar-refractivity contribution in [3.05, 3.63) is 34.2 Å². The number of aromatic nitrogens is 1. The Morgan fingerprint density at radius 2 is 1.81 bits per heavy atom. The molecule has 5 nitrogen and oxygen atoms in total. The van der Waals surface area contributed by atoms with Gasteiger partial charge in [0.1, 0.15) is 0 Å². The van der Waals surface area contributed by atoms with Crippen LogP contribution in [0.15, 0.2) is 23.0 Å². The molecule has 2 aliphatic heterocycles. The molecule has 1 aromatic heterocycles. The van der Waals surface area contributed by atoms with Crippen LogP contribution in [-0.2, 0) is 13.6 Å². The zero-order valence-corrected chi connectivity index (χ0v) is 13.2. The summed E-state index contributed by atoms with van der Waals surface area (Å²) in [6.07, 6.45) is 0. The van der Waals surface area contributed by atoms with E-state index in [9.17, 15) is 4.79 Å². The fourth-order valence-electron chi connectivity index (χ4n) is 3.34. The van der Waals surface area contributed by atoms with Crippen LogP contribution < -0.4 is 5.56 Å². The van der Waals surface area contributed by atoms with Crippen LogP contribution in [0, 0.1) is 0 Å². The Kier molecular flexibility index (Phi) is 4.42. The number of likely N-dealkylation sites (tertiary alicyclic amines) is 1. The monoisotopic (exact) mass is 290 g/mol. The third kappa shape index (κ3) is 3.20. The van der Waals surface area contributed by atoms with Gasteiger partial charge in [0.15, 0.2) is 0 Å². The Morgan fingerprint density at radius 3 is 2.48 bits per heavy atom. The molecule has 116 valence electrons. The molecule has 3 rings (SSSR count). The van der Waals surface area contributed by atoms with Crippen LogP contribution >= 0.6 is 0 Å². The second-order valence-corrected chi connectivity index (χ2v) is 6.23. The molecule has 0 bridgehead atoms. The third-order valence-electron chi connectivity index (χ3n) is 4.98. The summed E-state index contributed by atoms with van der Waals surface area (Å²) >= 11 is 0. The van der Waals surface area contributed by atoms with Crippen LogP contribution in [0.3, 0.4) is 0 Å². The molecular weight excluding hydrogens is 264 g/mol. The van der Waals surface area contributed by atoms with Gasteiger partial charge in [0.05, 0.1) is 0 Å². The van der Waals surface area contributed by atoms with Gasteiger partial charge in [-0.3, -0.25) is 14.6 Å². The van der Waals surface area contributed by atoms with Gasteiger partial charge in [-0.2, -0.15) is 0 Å². The number of pyridine rings is 1. The second kappa shape index (κ2) is 6.30. The predicted molar refractivity (Wildman–Crippen MR) is 84.4 cm³/mol. The maximum absolute atomic E-state index is 11.6.